The maximum atomic E-state index is 12.2. The maximum Gasteiger partial charge on any atom is 0.178 e. The van der Waals surface area contributed by atoms with Crippen LogP contribution in [0.5, 0.6) is 0 Å². The standard InChI is InChI=1S/C17H18O3S/c1-11-8-12(2)17(13(3)9-11)15-7-5-4-6-14(15)16(18)10-21(19)20/h4-9,21H,10H2,1-3H3. The van der Waals surface area contributed by atoms with Crippen molar-refractivity contribution in [2.24, 2.45) is 0 Å². The minimum atomic E-state index is -2.71. The molecule has 0 amide bonds. The van der Waals surface area contributed by atoms with Gasteiger partial charge in [0.1, 0.15) is 16.5 Å². The second-order valence-corrected chi connectivity index (χ2v) is 6.22. The monoisotopic (exact) mass is 302 g/mol. The van der Waals surface area contributed by atoms with Crippen LogP contribution in [-0.2, 0) is 10.7 Å². The minimum Gasteiger partial charge on any atom is -0.293 e. The van der Waals surface area contributed by atoms with E-state index in [0.29, 0.717) is 5.56 Å². The van der Waals surface area contributed by atoms with Crippen molar-refractivity contribution >= 4 is 16.5 Å². The molecule has 0 saturated carbocycles. The SMILES string of the molecule is Cc1cc(C)c(-c2ccccc2C(=O)C[SH](=O)=O)c(C)c1. The van der Waals surface area contributed by atoms with Crippen LogP contribution in [0.25, 0.3) is 11.1 Å². The lowest BCUT2D eigenvalue weighted by Gasteiger charge is -2.14. The predicted octanol–water partition coefficient (Wildman–Crippen LogP) is 3.07. The van der Waals surface area contributed by atoms with Crippen molar-refractivity contribution in [2.75, 3.05) is 5.75 Å². The molecule has 0 saturated heterocycles. The highest BCUT2D eigenvalue weighted by Gasteiger charge is 2.16. The summed E-state index contributed by atoms with van der Waals surface area (Å²) in [5, 5.41) is 0. The number of thiol groups is 1. The van der Waals surface area contributed by atoms with Gasteiger partial charge in [-0.1, -0.05) is 42.0 Å². The van der Waals surface area contributed by atoms with Gasteiger partial charge in [-0.15, -0.1) is 0 Å². The second-order valence-electron chi connectivity index (χ2n) is 5.23. The van der Waals surface area contributed by atoms with Gasteiger partial charge in [0.15, 0.2) is 5.78 Å². The zero-order valence-corrected chi connectivity index (χ0v) is 13.2. The molecule has 2 aromatic rings. The van der Waals surface area contributed by atoms with E-state index >= 15 is 0 Å². The average Bonchev–Trinajstić information content (AvgIpc) is 2.37. The summed E-state index contributed by atoms with van der Waals surface area (Å²) in [6, 6.07) is 11.3. The van der Waals surface area contributed by atoms with Crippen LogP contribution in [0.15, 0.2) is 36.4 Å². The van der Waals surface area contributed by atoms with E-state index in [9.17, 15) is 13.2 Å². The van der Waals surface area contributed by atoms with Gasteiger partial charge in [0.2, 0.25) is 0 Å². The number of carbonyl (C=O) groups is 1. The molecule has 0 radical (unpaired) electrons. The molecule has 0 fully saturated rings. The first kappa shape index (κ1) is 15.4. The molecule has 0 aliphatic heterocycles. The Morgan fingerprint density at radius 1 is 1.00 bits per heavy atom. The number of rotatable bonds is 4. The maximum absolute atomic E-state index is 12.2. The first-order valence-corrected chi connectivity index (χ1v) is 8.08. The molecule has 0 N–H and O–H groups in total. The number of benzene rings is 2. The molecule has 0 unspecified atom stereocenters. The first-order valence-electron chi connectivity index (χ1n) is 6.72. The van der Waals surface area contributed by atoms with Crippen LogP contribution in [0.4, 0.5) is 0 Å². The molecule has 0 aromatic heterocycles. The van der Waals surface area contributed by atoms with E-state index in [-0.39, 0.29) is 5.78 Å². The molecule has 0 bridgehead atoms. The quantitative estimate of drug-likeness (QED) is 0.697. The van der Waals surface area contributed by atoms with Crippen LogP contribution in [0.1, 0.15) is 27.0 Å². The average molecular weight is 302 g/mol. The number of hydrogen-bond acceptors (Lipinski definition) is 3. The fourth-order valence-corrected chi connectivity index (χ4v) is 3.16. The molecule has 0 aliphatic rings. The fraction of sp³-hybridized carbons (Fsp3) is 0.235. The second kappa shape index (κ2) is 6.22. The van der Waals surface area contributed by atoms with Gasteiger partial charge in [-0.2, -0.15) is 0 Å². The van der Waals surface area contributed by atoms with Crippen molar-refractivity contribution in [2.45, 2.75) is 20.8 Å². The van der Waals surface area contributed by atoms with Crippen LogP contribution in [0.3, 0.4) is 0 Å². The van der Waals surface area contributed by atoms with E-state index in [1.807, 2.05) is 32.9 Å². The molecule has 110 valence electrons. The van der Waals surface area contributed by atoms with Gasteiger partial charge in [0.25, 0.3) is 0 Å². The molecule has 2 aromatic carbocycles. The van der Waals surface area contributed by atoms with Crippen molar-refractivity contribution < 1.29 is 13.2 Å². The number of ketones is 1. The number of aryl methyl sites for hydroxylation is 3. The minimum absolute atomic E-state index is 0.360. The molecule has 3 nitrogen and oxygen atoms in total. The molecular weight excluding hydrogens is 284 g/mol. The summed E-state index contributed by atoms with van der Waals surface area (Å²) >= 11 is 0. The number of carbonyl (C=O) groups excluding carboxylic acids is 1. The van der Waals surface area contributed by atoms with Crippen LogP contribution in [0, 0.1) is 20.8 Å². The highest BCUT2D eigenvalue weighted by molar-refractivity contribution is 7.73. The molecule has 0 spiro atoms. The molecule has 0 atom stereocenters. The molecule has 4 heteroatoms. The third-order valence-electron chi connectivity index (χ3n) is 3.45. The highest BCUT2D eigenvalue weighted by Crippen LogP contribution is 2.31. The van der Waals surface area contributed by atoms with E-state index in [2.05, 4.69) is 12.1 Å². The molecular formula is C17H18O3S. The van der Waals surface area contributed by atoms with Crippen molar-refractivity contribution in [1.29, 1.82) is 0 Å². The van der Waals surface area contributed by atoms with E-state index in [4.69, 9.17) is 0 Å². The molecule has 0 heterocycles. The van der Waals surface area contributed by atoms with Crippen molar-refractivity contribution in [1.82, 2.24) is 0 Å². The normalized spacial score (nSPS) is 10.9. The highest BCUT2D eigenvalue weighted by atomic mass is 32.2. The molecule has 0 aliphatic carbocycles. The van der Waals surface area contributed by atoms with Crippen molar-refractivity contribution in [3.8, 4) is 11.1 Å². The van der Waals surface area contributed by atoms with E-state index in [1.165, 1.54) is 5.56 Å². The summed E-state index contributed by atoms with van der Waals surface area (Å²) in [5.41, 5.74) is 5.60. The summed E-state index contributed by atoms with van der Waals surface area (Å²) in [4.78, 5) is 12.2. The van der Waals surface area contributed by atoms with Gasteiger partial charge in [0, 0.05) is 5.56 Å². The Hall–Kier alpha value is -1.94. The van der Waals surface area contributed by atoms with E-state index in [1.54, 1.807) is 12.1 Å². The Balaban J connectivity index is 2.63. The van der Waals surface area contributed by atoms with Crippen molar-refractivity contribution in [3.05, 3.63) is 58.7 Å². The van der Waals surface area contributed by atoms with Gasteiger partial charge < -0.3 is 0 Å². The Kier molecular flexibility index (Phi) is 4.58. The first-order chi connectivity index (χ1) is 9.90. The van der Waals surface area contributed by atoms with Crippen LogP contribution < -0.4 is 0 Å². The predicted molar refractivity (Wildman–Crippen MR) is 85.6 cm³/mol. The van der Waals surface area contributed by atoms with Crippen LogP contribution >= 0.6 is 0 Å². The lowest BCUT2D eigenvalue weighted by atomic mass is 9.90. The zero-order chi connectivity index (χ0) is 15.6. The molecule has 21 heavy (non-hydrogen) atoms. The van der Waals surface area contributed by atoms with Gasteiger partial charge in [-0.05, 0) is 43.0 Å². The summed E-state index contributed by atoms with van der Waals surface area (Å²) in [5.74, 6) is -0.808. The Morgan fingerprint density at radius 2 is 1.57 bits per heavy atom. The summed E-state index contributed by atoms with van der Waals surface area (Å²) in [7, 11) is -2.71. The Morgan fingerprint density at radius 3 is 2.14 bits per heavy atom. The van der Waals surface area contributed by atoms with Gasteiger partial charge >= 0.3 is 0 Å². The topological polar surface area (TPSA) is 51.2 Å². The summed E-state index contributed by atoms with van der Waals surface area (Å²) in [6.45, 7) is 6.04. The third-order valence-corrected chi connectivity index (χ3v) is 3.99. The lowest BCUT2D eigenvalue weighted by molar-refractivity contribution is 0.102. The smallest absolute Gasteiger partial charge is 0.178 e. The van der Waals surface area contributed by atoms with Gasteiger partial charge in [0.05, 0.1) is 0 Å². The van der Waals surface area contributed by atoms with Crippen molar-refractivity contribution in [3.63, 3.8) is 0 Å². The zero-order valence-electron chi connectivity index (χ0n) is 12.3. The van der Waals surface area contributed by atoms with Gasteiger partial charge in [-0.3, -0.25) is 4.79 Å². The number of Topliss-reactive ketones (excluding diaryl/α,β-unsaturated/α-hetero) is 1. The van der Waals surface area contributed by atoms with E-state index in [0.717, 1.165) is 22.3 Å². The largest absolute Gasteiger partial charge is 0.293 e. The number of hydrogen-bond donors (Lipinski definition) is 1. The third kappa shape index (κ3) is 3.39. The van der Waals surface area contributed by atoms with Crippen LogP contribution in [0.2, 0.25) is 0 Å². The Bertz CT molecular complexity index is 742. The van der Waals surface area contributed by atoms with Crippen LogP contribution in [-0.4, -0.2) is 20.0 Å². The lowest BCUT2D eigenvalue weighted by Crippen LogP contribution is -2.09. The summed E-state index contributed by atoms with van der Waals surface area (Å²) < 4.78 is 21.7. The Labute approximate surface area is 126 Å². The summed E-state index contributed by atoms with van der Waals surface area (Å²) in [6.07, 6.45) is 0. The van der Waals surface area contributed by atoms with E-state index < -0.39 is 16.5 Å². The molecule has 2 rings (SSSR count). The van der Waals surface area contributed by atoms with Gasteiger partial charge in [-0.25, -0.2) is 8.42 Å². The fourth-order valence-electron chi connectivity index (χ4n) is 2.75.